The zero-order chi connectivity index (χ0) is 15.4. The van der Waals surface area contributed by atoms with Crippen LogP contribution in [0.1, 0.15) is 0 Å². The van der Waals surface area contributed by atoms with Crippen LogP contribution in [0.15, 0.2) is 48.7 Å². The van der Waals surface area contributed by atoms with E-state index in [0.29, 0.717) is 18.8 Å². The molecule has 114 valence electrons. The quantitative estimate of drug-likeness (QED) is 0.927. The van der Waals surface area contributed by atoms with Crippen molar-refractivity contribution in [3.05, 3.63) is 54.5 Å². The number of hydrogen-bond acceptors (Lipinski definition) is 3. The van der Waals surface area contributed by atoms with Crippen molar-refractivity contribution in [1.29, 1.82) is 0 Å². The first-order valence-corrected chi connectivity index (χ1v) is 7.20. The predicted molar refractivity (Wildman–Crippen MR) is 83.4 cm³/mol. The highest BCUT2D eigenvalue weighted by Crippen LogP contribution is 2.14. The average Bonchev–Trinajstić information content (AvgIpc) is 2.58. The van der Waals surface area contributed by atoms with Gasteiger partial charge in [-0.25, -0.2) is 14.2 Å². The Kier molecular flexibility index (Phi) is 4.18. The fourth-order valence-corrected chi connectivity index (χ4v) is 2.42. The maximum atomic E-state index is 12.8. The Morgan fingerprint density at radius 2 is 1.77 bits per heavy atom. The highest BCUT2D eigenvalue weighted by molar-refractivity contribution is 5.89. The van der Waals surface area contributed by atoms with Crippen LogP contribution >= 0.6 is 0 Å². The summed E-state index contributed by atoms with van der Waals surface area (Å²) in [6.07, 6.45) is 1.77. The minimum absolute atomic E-state index is 0.160. The Hall–Kier alpha value is -2.63. The number of aromatic nitrogens is 1. The number of carbonyl (C=O) groups is 1. The number of benzene rings is 1. The van der Waals surface area contributed by atoms with E-state index in [1.807, 2.05) is 18.2 Å². The van der Waals surface area contributed by atoms with Crippen molar-refractivity contribution < 1.29 is 9.18 Å². The van der Waals surface area contributed by atoms with Crippen LogP contribution in [0.5, 0.6) is 0 Å². The number of rotatable bonds is 2. The van der Waals surface area contributed by atoms with Gasteiger partial charge < -0.3 is 15.1 Å². The third-order valence-electron chi connectivity index (χ3n) is 3.64. The summed E-state index contributed by atoms with van der Waals surface area (Å²) in [7, 11) is 0. The van der Waals surface area contributed by atoms with Crippen molar-refractivity contribution in [2.24, 2.45) is 0 Å². The van der Waals surface area contributed by atoms with E-state index in [0.717, 1.165) is 18.9 Å². The molecule has 5 nitrogen and oxygen atoms in total. The van der Waals surface area contributed by atoms with Crippen LogP contribution in [-0.2, 0) is 0 Å². The highest BCUT2D eigenvalue weighted by atomic mass is 19.1. The molecule has 3 rings (SSSR count). The van der Waals surface area contributed by atoms with E-state index in [-0.39, 0.29) is 11.8 Å². The molecule has 6 heteroatoms. The van der Waals surface area contributed by atoms with Crippen molar-refractivity contribution >= 4 is 17.5 Å². The molecule has 1 saturated heterocycles. The number of urea groups is 1. The van der Waals surface area contributed by atoms with Gasteiger partial charge in [0.05, 0.1) is 0 Å². The lowest BCUT2D eigenvalue weighted by Crippen LogP contribution is -2.50. The Morgan fingerprint density at radius 3 is 2.41 bits per heavy atom. The number of carbonyl (C=O) groups excluding carboxylic acids is 1. The first-order valence-electron chi connectivity index (χ1n) is 7.20. The molecule has 0 spiro atoms. The van der Waals surface area contributed by atoms with E-state index in [9.17, 15) is 9.18 Å². The molecule has 0 aliphatic carbocycles. The molecule has 1 aliphatic rings. The van der Waals surface area contributed by atoms with Gasteiger partial charge in [-0.2, -0.15) is 0 Å². The summed E-state index contributed by atoms with van der Waals surface area (Å²) < 4.78 is 12.8. The van der Waals surface area contributed by atoms with Gasteiger partial charge in [-0.1, -0.05) is 6.07 Å². The molecule has 1 aliphatic heterocycles. The predicted octanol–water partition coefficient (Wildman–Crippen LogP) is 2.57. The summed E-state index contributed by atoms with van der Waals surface area (Å²) in [6, 6.07) is 11.4. The molecule has 2 amide bonds. The van der Waals surface area contributed by atoms with Crippen LogP contribution < -0.4 is 10.2 Å². The van der Waals surface area contributed by atoms with Crippen LogP contribution in [0.4, 0.5) is 20.7 Å². The van der Waals surface area contributed by atoms with Crippen LogP contribution in [0, 0.1) is 5.82 Å². The van der Waals surface area contributed by atoms with E-state index in [1.54, 1.807) is 23.2 Å². The second-order valence-corrected chi connectivity index (χ2v) is 5.10. The van der Waals surface area contributed by atoms with Crippen molar-refractivity contribution in [2.45, 2.75) is 0 Å². The van der Waals surface area contributed by atoms with Gasteiger partial charge in [-0.15, -0.1) is 0 Å². The minimum Gasteiger partial charge on any atom is -0.353 e. The van der Waals surface area contributed by atoms with Crippen molar-refractivity contribution in [1.82, 2.24) is 9.88 Å². The Bertz CT molecular complexity index is 624. The second kappa shape index (κ2) is 6.43. The van der Waals surface area contributed by atoms with Gasteiger partial charge in [0.1, 0.15) is 11.6 Å². The number of nitrogens with one attached hydrogen (secondary N) is 1. The fourth-order valence-electron chi connectivity index (χ4n) is 2.42. The first kappa shape index (κ1) is 14.3. The molecule has 1 N–H and O–H groups in total. The molecule has 22 heavy (non-hydrogen) atoms. The molecule has 2 aromatic rings. The van der Waals surface area contributed by atoms with E-state index in [4.69, 9.17) is 0 Å². The molecule has 1 aromatic heterocycles. The Morgan fingerprint density at radius 1 is 1.05 bits per heavy atom. The summed E-state index contributed by atoms with van der Waals surface area (Å²) in [4.78, 5) is 20.4. The molecular formula is C16H17FN4O. The van der Waals surface area contributed by atoms with Crippen molar-refractivity contribution in [2.75, 3.05) is 36.4 Å². The molecule has 0 bridgehead atoms. The lowest BCUT2D eigenvalue weighted by atomic mass is 10.3. The normalized spacial score (nSPS) is 14.8. The lowest BCUT2D eigenvalue weighted by molar-refractivity contribution is 0.208. The number of anilines is 2. The van der Waals surface area contributed by atoms with Gasteiger partial charge in [0.25, 0.3) is 0 Å². The monoisotopic (exact) mass is 300 g/mol. The van der Waals surface area contributed by atoms with E-state index in [2.05, 4.69) is 15.2 Å². The minimum atomic E-state index is -0.318. The third kappa shape index (κ3) is 3.33. The van der Waals surface area contributed by atoms with Crippen LogP contribution in [0.2, 0.25) is 0 Å². The van der Waals surface area contributed by atoms with Crippen molar-refractivity contribution in [3.63, 3.8) is 0 Å². The molecule has 1 fully saturated rings. The maximum Gasteiger partial charge on any atom is 0.321 e. The molecule has 0 unspecified atom stereocenters. The standard InChI is InChI=1S/C16H17FN4O/c17-13-4-6-14(7-5-13)19-16(22)21-11-9-20(10-12-21)15-3-1-2-8-18-15/h1-8H,9-12H2,(H,19,22). The maximum absolute atomic E-state index is 12.8. The number of halogens is 1. The summed E-state index contributed by atoms with van der Waals surface area (Å²) in [6.45, 7) is 2.74. The van der Waals surface area contributed by atoms with Crippen LogP contribution in [0.3, 0.4) is 0 Å². The first-order chi connectivity index (χ1) is 10.7. The molecule has 1 aromatic carbocycles. The van der Waals surface area contributed by atoms with E-state index in [1.165, 1.54) is 12.1 Å². The molecule has 0 radical (unpaired) electrons. The molecular weight excluding hydrogens is 283 g/mol. The third-order valence-corrected chi connectivity index (χ3v) is 3.64. The van der Waals surface area contributed by atoms with Crippen molar-refractivity contribution in [3.8, 4) is 0 Å². The zero-order valence-electron chi connectivity index (χ0n) is 12.1. The SMILES string of the molecule is O=C(Nc1ccc(F)cc1)N1CCN(c2ccccn2)CC1. The van der Waals surface area contributed by atoms with E-state index < -0.39 is 0 Å². The summed E-state index contributed by atoms with van der Waals surface area (Å²) in [5.74, 6) is 0.614. The molecule has 0 atom stereocenters. The summed E-state index contributed by atoms with van der Waals surface area (Å²) in [5, 5.41) is 2.78. The van der Waals surface area contributed by atoms with Gasteiger partial charge in [0, 0.05) is 38.1 Å². The number of hydrogen-bond donors (Lipinski definition) is 1. The highest BCUT2D eigenvalue weighted by Gasteiger charge is 2.21. The van der Waals surface area contributed by atoms with E-state index >= 15 is 0 Å². The van der Waals surface area contributed by atoms with Gasteiger partial charge in [-0.05, 0) is 36.4 Å². The number of piperazine rings is 1. The number of pyridine rings is 1. The van der Waals surface area contributed by atoms with Crippen LogP contribution in [0.25, 0.3) is 0 Å². The Balaban J connectivity index is 1.54. The van der Waals surface area contributed by atoms with Gasteiger partial charge in [0.2, 0.25) is 0 Å². The molecule has 2 heterocycles. The lowest BCUT2D eigenvalue weighted by Gasteiger charge is -2.35. The number of nitrogens with zero attached hydrogens (tertiary/aromatic N) is 3. The van der Waals surface area contributed by atoms with Gasteiger partial charge in [0.15, 0.2) is 0 Å². The Labute approximate surface area is 128 Å². The van der Waals surface area contributed by atoms with Gasteiger partial charge >= 0.3 is 6.03 Å². The largest absolute Gasteiger partial charge is 0.353 e. The summed E-state index contributed by atoms with van der Waals surface area (Å²) in [5.41, 5.74) is 0.596. The van der Waals surface area contributed by atoms with Crippen LogP contribution in [-0.4, -0.2) is 42.1 Å². The topological polar surface area (TPSA) is 48.5 Å². The zero-order valence-corrected chi connectivity index (χ0v) is 12.1. The average molecular weight is 300 g/mol. The summed E-state index contributed by atoms with van der Waals surface area (Å²) >= 11 is 0. The second-order valence-electron chi connectivity index (χ2n) is 5.10. The molecule has 0 saturated carbocycles. The number of amides is 2. The fraction of sp³-hybridized carbons (Fsp3) is 0.250. The smallest absolute Gasteiger partial charge is 0.321 e. The van der Waals surface area contributed by atoms with Gasteiger partial charge in [-0.3, -0.25) is 0 Å².